The lowest BCUT2D eigenvalue weighted by atomic mass is 9.77. The molecule has 0 saturated heterocycles. The van der Waals surface area contributed by atoms with Crippen molar-refractivity contribution in [2.75, 3.05) is 14.2 Å². The van der Waals surface area contributed by atoms with E-state index in [0.29, 0.717) is 16.7 Å². The topological polar surface area (TPSA) is 18.5 Å². The molecule has 0 saturated carbocycles. The Morgan fingerprint density at radius 2 is 1.71 bits per heavy atom. The fraction of sp³-hybridized carbons (Fsp3) is 0.571. The zero-order valence-electron chi connectivity index (χ0n) is 10.8. The summed E-state index contributed by atoms with van der Waals surface area (Å²) in [7, 11) is 3.37. The van der Waals surface area contributed by atoms with Crippen molar-refractivity contribution in [2.45, 2.75) is 25.1 Å². The van der Waals surface area contributed by atoms with Crippen molar-refractivity contribution in [1.82, 2.24) is 0 Å². The lowest BCUT2D eigenvalue weighted by molar-refractivity contribution is 0.340. The standard InChI is InChI=1S/C14H19BrO2/c1-8-5-10-6-12(16-3)13(17-4)7-11(10)14(15)9(8)2/h6-9,14H,5H2,1-4H3. The Kier molecular flexibility index (Phi) is 3.67. The van der Waals surface area contributed by atoms with Gasteiger partial charge in [0.1, 0.15) is 0 Å². The molecule has 0 radical (unpaired) electrons. The Balaban J connectivity index is 2.50. The molecule has 2 nitrogen and oxygen atoms in total. The van der Waals surface area contributed by atoms with Crippen molar-refractivity contribution in [3.63, 3.8) is 0 Å². The van der Waals surface area contributed by atoms with E-state index in [0.717, 1.165) is 17.9 Å². The highest BCUT2D eigenvalue weighted by Gasteiger charge is 2.30. The number of methoxy groups -OCH3 is 2. The Morgan fingerprint density at radius 1 is 1.12 bits per heavy atom. The molecule has 3 atom stereocenters. The van der Waals surface area contributed by atoms with Gasteiger partial charge in [0.25, 0.3) is 0 Å². The highest BCUT2D eigenvalue weighted by molar-refractivity contribution is 9.09. The number of rotatable bonds is 2. The van der Waals surface area contributed by atoms with Crippen molar-refractivity contribution < 1.29 is 9.47 Å². The van der Waals surface area contributed by atoms with E-state index < -0.39 is 0 Å². The van der Waals surface area contributed by atoms with E-state index in [2.05, 4.69) is 41.9 Å². The molecule has 1 aliphatic carbocycles. The fourth-order valence-corrected chi connectivity index (χ4v) is 3.42. The maximum Gasteiger partial charge on any atom is 0.161 e. The summed E-state index contributed by atoms with van der Waals surface area (Å²) in [6, 6.07) is 4.22. The Hall–Kier alpha value is -0.700. The van der Waals surface area contributed by atoms with Crippen molar-refractivity contribution in [1.29, 1.82) is 0 Å². The summed E-state index contributed by atoms with van der Waals surface area (Å²) in [5.74, 6) is 2.97. The molecule has 0 heterocycles. The number of ether oxygens (including phenoxy) is 2. The maximum absolute atomic E-state index is 5.37. The van der Waals surface area contributed by atoms with Gasteiger partial charge in [0, 0.05) is 4.83 Å². The lowest BCUT2D eigenvalue weighted by Crippen LogP contribution is -2.22. The van der Waals surface area contributed by atoms with Crippen LogP contribution in [0.4, 0.5) is 0 Å². The van der Waals surface area contributed by atoms with Crippen LogP contribution in [0.3, 0.4) is 0 Å². The van der Waals surface area contributed by atoms with E-state index in [1.165, 1.54) is 11.1 Å². The molecule has 0 aromatic heterocycles. The average molecular weight is 299 g/mol. The van der Waals surface area contributed by atoms with Crippen molar-refractivity contribution >= 4 is 15.9 Å². The number of hydrogen-bond donors (Lipinski definition) is 0. The van der Waals surface area contributed by atoms with Gasteiger partial charge in [-0.2, -0.15) is 0 Å². The molecule has 0 N–H and O–H groups in total. The SMILES string of the molecule is COc1cc2c(cc1OC)C(Br)C(C)C(C)C2. The summed E-state index contributed by atoms with van der Waals surface area (Å²) in [6.07, 6.45) is 1.11. The van der Waals surface area contributed by atoms with E-state index in [9.17, 15) is 0 Å². The van der Waals surface area contributed by atoms with Crippen LogP contribution in [0.25, 0.3) is 0 Å². The van der Waals surface area contributed by atoms with Crippen LogP contribution in [-0.2, 0) is 6.42 Å². The molecule has 1 aromatic carbocycles. The average Bonchev–Trinajstić information content (AvgIpc) is 2.34. The molecule has 0 fully saturated rings. The molecule has 1 aromatic rings. The molecule has 0 spiro atoms. The highest BCUT2D eigenvalue weighted by atomic mass is 79.9. The number of alkyl halides is 1. The maximum atomic E-state index is 5.37. The molecule has 2 rings (SSSR count). The van der Waals surface area contributed by atoms with Crippen molar-refractivity contribution in [3.05, 3.63) is 23.3 Å². The molecular formula is C14H19BrO2. The molecule has 17 heavy (non-hydrogen) atoms. The van der Waals surface area contributed by atoms with Gasteiger partial charge in [0.05, 0.1) is 14.2 Å². The predicted octanol–water partition coefficient (Wildman–Crippen LogP) is 3.97. The fourth-order valence-electron chi connectivity index (χ4n) is 2.47. The first-order chi connectivity index (χ1) is 8.08. The van der Waals surface area contributed by atoms with Gasteiger partial charge in [-0.15, -0.1) is 0 Å². The van der Waals surface area contributed by atoms with E-state index in [-0.39, 0.29) is 0 Å². The molecule has 1 aliphatic rings. The molecule has 0 bridgehead atoms. The zero-order valence-corrected chi connectivity index (χ0v) is 12.4. The number of halogens is 1. The van der Waals surface area contributed by atoms with Gasteiger partial charge in [-0.25, -0.2) is 0 Å². The zero-order chi connectivity index (χ0) is 12.6. The van der Waals surface area contributed by atoms with Gasteiger partial charge in [-0.05, 0) is 41.5 Å². The summed E-state index contributed by atoms with van der Waals surface area (Å²) in [6.45, 7) is 4.60. The first-order valence-corrected chi connectivity index (χ1v) is 6.89. The van der Waals surface area contributed by atoms with Crippen LogP contribution in [0.5, 0.6) is 11.5 Å². The van der Waals surface area contributed by atoms with E-state index in [1.807, 2.05) is 0 Å². The van der Waals surface area contributed by atoms with Gasteiger partial charge in [-0.3, -0.25) is 0 Å². The van der Waals surface area contributed by atoms with Crippen LogP contribution >= 0.6 is 15.9 Å². The van der Waals surface area contributed by atoms with Crippen LogP contribution in [0.2, 0.25) is 0 Å². The van der Waals surface area contributed by atoms with Crippen LogP contribution in [0.1, 0.15) is 29.8 Å². The molecular weight excluding hydrogens is 280 g/mol. The number of benzene rings is 1. The summed E-state index contributed by atoms with van der Waals surface area (Å²) < 4.78 is 10.7. The minimum Gasteiger partial charge on any atom is -0.493 e. The van der Waals surface area contributed by atoms with Gasteiger partial charge in [0.2, 0.25) is 0 Å². The van der Waals surface area contributed by atoms with Crippen LogP contribution in [0.15, 0.2) is 12.1 Å². The van der Waals surface area contributed by atoms with Crippen LogP contribution in [-0.4, -0.2) is 14.2 Å². The summed E-state index contributed by atoms with van der Waals surface area (Å²) in [5, 5.41) is 0. The number of hydrogen-bond acceptors (Lipinski definition) is 2. The quantitative estimate of drug-likeness (QED) is 0.769. The Bertz CT molecular complexity index is 417. The third-order valence-corrected chi connectivity index (χ3v) is 5.17. The van der Waals surface area contributed by atoms with Crippen LogP contribution in [0, 0.1) is 11.8 Å². The second-order valence-electron chi connectivity index (χ2n) is 4.85. The van der Waals surface area contributed by atoms with E-state index in [1.54, 1.807) is 14.2 Å². The summed E-state index contributed by atoms with van der Waals surface area (Å²) in [4.78, 5) is 0.404. The first-order valence-electron chi connectivity index (χ1n) is 5.97. The Morgan fingerprint density at radius 3 is 2.29 bits per heavy atom. The second-order valence-corrected chi connectivity index (χ2v) is 5.83. The monoisotopic (exact) mass is 298 g/mol. The largest absolute Gasteiger partial charge is 0.493 e. The van der Waals surface area contributed by atoms with E-state index in [4.69, 9.17) is 9.47 Å². The normalized spacial score (nSPS) is 27.5. The molecule has 3 unspecified atom stereocenters. The van der Waals surface area contributed by atoms with Gasteiger partial charge < -0.3 is 9.47 Å². The van der Waals surface area contributed by atoms with Crippen molar-refractivity contribution in [3.8, 4) is 11.5 Å². The molecule has 0 amide bonds. The molecule has 94 valence electrons. The van der Waals surface area contributed by atoms with Gasteiger partial charge in [0.15, 0.2) is 11.5 Å². The molecule has 0 aliphatic heterocycles. The van der Waals surface area contributed by atoms with Crippen LogP contribution < -0.4 is 9.47 Å². The summed E-state index contributed by atoms with van der Waals surface area (Å²) in [5.41, 5.74) is 2.71. The third kappa shape index (κ3) is 2.17. The summed E-state index contributed by atoms with van der Waals surface area (Å²) >= 11 is 3.81. The Labute approximate surface area is 111 Å². The smallest absolute Gasteiger partial charge is 0.161 e. The van der Waals surface area contributed by atoms with Gasteiger partial charge in [-0.1, -0.05) is 29.8 Å². The lowest BCUT2D eigenvalue weighted by Gasteiger charge is -2.33. The van der Waals surface area contributed by atoms with Gasteiger partial charge >= 0.3 is 0 Å². The second kappa shape index (κ2) is 4.89. The third-order valence-electron chi connectivity index (χ3n) is 3.84. The minimum atomic E-state index is 0.404. The minimum absolute atomic E-state index is 0.404. The predicted molar refractivity (Wildman–Crippen MR) is 73.2 cm³/mol. The first kappa shape index (κ1) is 12.7. The van der Waals surface area contributed by atoms with Crippen molar-refractivity contribution in [2.24, 2.45) is 11.8 Å². The number of fused-ring (bicyclic) bond motifs is 1. The highest BCUT2D eigenvalue weighted by Crippen LogP contribution is 2.46. The molecule has 3 heteroatoms. The van der Waals surface area contributed by atoms with E-state index >= 15 is 0 Å².